The highest BCUT2D eigenvalue weighted by atomic mass is 19.4. The van der Waals surface area contributed by atoms with Gasteiger partial charge in [-0.05, 0) is 62.8 Å². The number of carbonyl (C=O) groups excluding carboxylic acids is 1. The van der Waals surface area contributed by atoms with E-state index in [0.29, 0.717) is 29.4 Å². The lowest BCUT2D eigenvalue weighted by Crippen LogP contribution is -2.36. The number of alkyl halides is 3. The van der Waals surface area contributed by atoms with Crippen molar-refractivity contribution in [3.05, 3.63) is 46.9 Å². The molecule has 0 spiro atoms. The average Bonchev–Trinajstić information content (AvgIpc) is 3.11. The number of hydrogen-bond acceptors (Lipinski definition) is 1. The summed E-state index contributed by atoms with van der Waals surface area (Å²) in [5, 5.41) is 3.10. The second-order valence-electron chi connectivity index (χ2n) is 9.64. The van der Waals surface area contributed by atoms with Gasteiger partial charge in [-0.15, -0.1) is 0 Å². The first-order valence-electron chi connectivity index (χ1n) is 12.1. The van der Waals surface area contributed by atoms with Gasteiger partial charge in [0.2, 0.25) is 0 Å². The molecule has 180 valence electrons. The summed E-state index contributed by atoms with van der Waals surface area (Å²) in [5.74, 6) is -0.577. The van der Waals surface area contributed by atoms with Crippen molar-refractivity contribution in [3.8, 4) is 11.3 Å². The van der Waals surface area contributed by atoms with E-state index in [-0.39, 0.29) is 17.5 Å². The molecule has 1 N–H and O–H groups in total. The van der Waals surface area contributed by atoms with Gasteiger partial charge in [-0.25, -0.2) is 4.39 Å². The highest BCUT2D eigenvalue weighted by Gasteiger charge is 2.32. The summed E-state index contributed by atoms with van der Waals surface area (Å²) >= 11 is 0. The number of carbonyl (C=O) groups is 1. The van der Waals surface area contributed by atoms with Crippen LogP contribution in [0.3, 0.4) is 0 Å². The Hall–Kier alpha value is -2.31. The summed E-state index contributed by atoms with van der Waals surface area (Å²) in [6.07, 6.45) is 6.11. The number of aromatic nitrogens is 1. The fourth-order valence-electron chi connectivity index (χ4n) is 5.37. The Morgan fingerprint density at radius 1 is 1.00 bits per heavy atom. The van der Waals surface area contributed by atoms with Crippen molar-refractivity contribution >= 4 is 5.91 Å². The van der Waals surface area contributed by atoms with Crippen LogP contribution >= 0.6 is 0 Å². The number of halogens is 4. The van der Waals surface area contributed by atoms with E-state index in [1.54, 1.807) is 6.07 Å². The smallest absolute Gasteiger partial charge is 0.349 e. The molecule has 2 fully saturated rings. The average molecular weight is 465 g/mol. The molecule has 1 aromatic carbocycles. The summed E-state index contributed by atoms with van der Waals surface area (Å²) in [6.45, 7) is 2.39. The van der Waals surface area contributed by atoms with Gasteiger partial charge in [0.25, 0.3) is 5.91 Å². The van der Waals surface area contributed by atoms with Crippen LogP contribution < -0.4 is 5.32 Å². The minimum Gasteiger partial charge on any atom is -0.349 e. The number of hydrogen-bond donors (Lipinski definition) is 1. The Labute approximate surface area is 192 Å². The van der Waals surface area contributed by atoms with E-state index in [1.165, 1.54) is 12.8 Å². The van der Waals surface area contributed by atoms with Crippen molar-refractivity contribution in [2.45, 2.75) is 89.9 Å². The Bertz CT molecular complexity index is 983. The zero-order chi connectivity index (χ0) is 23.6. The normalized spacial score (nSPS) is 18.5. The molecule has 4 rings (SSSR count). The van der Waals surface area contributed by atoms with E-state index in [4.69, 9.17) is 0 Å². The highest BCUT2D eigenvalue weighted by Crippen LogP contribution is 2.36. The molecular formula is C26H32F4N2O. The molecule has 1 aromatic heterocycles. The molecular weight excluding hydrogens is 432 g/mol. The SMILES string of the molecule is Cc1c(C(=O)NC2CCCCC2)cc(-c2cc(C(F)(F)F)ccc2F)n1CC1CCCCC1. The Morgan fingerprint density at radius 3 is 2.27 bits per heavy atom. The molecule has 0 aliphatic heterocycles. The molecule has 2 aliphatic rings. The van der Waals surface area contributed by atoms with E-state index in [9.17, 15) is 22.4 Å². The van der Waals surface area contributed by atoms with Gasteiger partial charge in [0.15, 0.2) is 0 Å². The van der Waals surface area contributed by atoms with Crippen LogP contribution in [0.25, 0.3) is 11.3 Å². The number of benzene rings is 1. The summed E-state index contributed by atoms with van der Waals surface area (Å²) < 4.78 is 56.8. The van der Waals surface area contributed by atoms with Crippen LogP contribution in [0, 0.1) is 18.7 Å². The second-order valence-corrected chi connectivity index (χ2v) is 9.64. The molecule has 0 bridgehead atoms. The van der Waals surface area contributed by atoms with Crippen LogP contribution in [-0.4, -0.2) is 16.5 Å². The fourth-order valence-corrected chi connectivity index (χ4v) is 5.37. The van der Waals surface area contributed by atoms with Gasteiger partial charge in [-0.2, -0.15) is 13.2 Å². The van der Waals surface area contributed by atoms with Crippen LogP contribution in [0.5, 0.6) is 0 Å². The lowest BCUT2D eigenvalue weighted by molar-refractivity contribution is -0.137. The minimum atomic E-state index is -4.57. The zero-order valence-corrected chi connectivity index (χ0v) is 19.1. The van der Waals surface area contributed by atoms with Crippen molar-refractivity contribution in [3.63, 3.8) is 0 Å². The van der Waals surface area contributed by atoms with E-state index in [1.807, 2.05) is 11.5 Å². The summed E-state index contributed by atoms with van der Waals surface area (Å²) in [6, 6.07) is 4.18. The molecule has 0 unspecified atom stereocenters. The summed E-state index contributed by atoms with van der Waals surface area (Å²) in [7, 11) is 0. The van der Waals surface area contributed by atoms with Crippen LogP contribution in [0.1, 0.15) is 85.8 Å². The maximum Gasteiger partial charge on any atom is 0.416 e. The van der Waals surface area contributed by atoms with Crippen molar-refractivity contribution in [2.75, 3.05) is 0 Å². The van der Waals surface area contributed by atoms with Gasteiger partial charge in [0.05, 0.1) is 16.8 Å². The highest BCUT2D eigenvalue weighted by molar-refractivity contribution is 5.97. The molecule has 2 aliphatic carbocycles. The first kappa shape index (κ1) is 23.8. The minimum absolute atomic E-state index is 0.111. The lowest BCUT2D eigenvalue weighted by atomic mass is 9.89. The molecule has 2 saturated carbocycles. The summed E-state index contributed by atoms with van der Waals surface area (Å²) in [5.41, 5.74) is 0.440. The predicted octanol–water partition coefficient (Wildman–Crippen LogP) is 7.26. The van der Waals surface area contributed by atoms with E-state index in [0.717, 1.165) is 69.6 Å². The van der Waals surface area contributed by atoms with Gasteiger partial charge in [0, 0.05) is 23.8 Å². The van der Waals surface area contributed by atoms with Crippen LogP contribution in [-0.2, 0) is 12.7 Å². The third-order valence-electron chi connectivity index (χ3n) is 7.29. The lowest BCUT2D eigenvalue weighted by Gasteiger charge is -2.25. The van der Waals surface area contributed by atoms with Crippen molar-refractivity contribution in [2.24, 2.45) is 5.92 Å². The van der Waals surface area contributed by atoms with Crippen molar-refractivity contribution in [1.29, 1.82) is 0 Å². The maximum atomic E-state index is 14.8. The molecule has 1 heterocycles. The molecule has 0 radical (unpaired) electrons. The van der Waals surface area contributed by atoms with Gasteiger partial charge in [-0.1, -0.05) is 38.5 Å². The number of nitrogens with zero attached hydrogens (tertiary/aromatic N) is 1. The first-order chi connectivity index (χ1) is 15.7. The van der Waals surface area contributed by atoms with Crippen molar-refractivity contribution < 1.29 is 22.4 Å². The van der Waals surface area contributed by atoms with E-state index in [2.05, 4.69) is 5.32 Å². The Kier molecular flexibility index (Phi) is 7.15. The second kappa shape index (κ2) is 9.90. The monoisotopic (exact) mass is 464 g/mol. The maximum absolute atomic E-state index is 14.8. The number of rotatable bonds is 5. The quantitative estimate of drug-likeness (QED) is 0.464. The third-order valence-corrected chi connectivity index (χ3v) is 7.29. The molecule has 33 heavy (non-hydrogen) atoms. The van der Waals surface area contributed by atoms with Crippen LogP contribution in [0.15, 0.2) is 24.3 Å². The van der Waals surface area contributed by atoms with Crippen LogP contribution in [0.2, 0.25) is 0 Å². The topological polar surface area (TPSA) is 34.0 Å². The molecule has 7 heteroatoms. The largest absolute Gasteiger partial charge is 0.416 e. The Morgan fingerprint density at radius 2 is 1.64 bits per heavy atom. The summed E-state index contributed by atoms with van der Waals surface area (Å²) in [4.78, 5) is 13.1. The first-order valence-corrected chi connectivity index (χ1v) is 12.1. The van der Waals surface area contributed by atoms with E-state index >= 15 is 0 Å². The Balaban J connectivity index is 1.73. The third kappa shape index (κ3) is 5.44. The molecule has 0 atom stereocenters. The zero-order valence-electron chi connectivity index (χ0n) is 19.1. The molecule has 0 saturated heterocycles. The molecule has 1 amide bonds. The predicted molar refractivity (Wildman–Crippen MR) is 120 cm³/mol. The van der Waals surface area contributed by atoms with Gasteiger partial charge >= 0.3 is 6.18 Å². The molecule has 2 aromatic rings. The van der Waals surface area contributed by atoms with Crippen LogP contribution in [0.4, 0.5) is 17.6 Å². The number of nitrogens with one attached hydrogen (secondary N) is 1. The van der Waals surface area contributed by atoms with Gasteiger partial charge in [-0.3, -0.25) is 4.79 Å². The fraction of sp³-hybridized carbons (Fsp3) is 0.577. The van der Waals surface area contributed by atoms with Gasteiger partial charge < -0.3 is 9.88 Å². The standard InChI is InChI=1S/C26H32F4N2O/c1-17-21(25(33)31-20-10-6-3-7-11-20)15-24(32(17)16-18-8-4-2-5-9-18)22-14-19(26(28,29)30)12-13-23(22)27/h12-15,18,20H,2-11,16H2,1H3,(H,31,33). The molecule has 3 nitrogen and oxygen atoms in total. The van der Waals surface area contributed by atoms with Crippen molar-refractivity contribution in [1.82, 2.24) is 9.88 Å². The van der Waals surface area contributed by atoms with E-state index < -0.39 is 17.6 Å². The van der Waals surface area contributed by atoms with Gasteiger partial charge in [0.1, 0.15) is 5.82 Å². The number of amides is 1.